The zero-order valence-electron chi connectivity index (χ0n) is 12.4. The highest BCUT2D eigenvalue weighted by Crippen LogP contribution is 2.23. The number of nitrogens with one attached hydrogen (secondary N) is 1. The molecule has 2 unspecified atom stereocenters. The number of hydrogen-bond donors (Lipinski definition) is 2. The number of nitrogen functional groups attached to an aromatic ring is 1. The lowest BCUT2D eigenvalue weighted by Gasteiger charge is -2.35. The Morgan fingerprint density at radius 2 is 2.33 bits per heavy atom. The third-order valence-corrected chi connectivity index (χ3v) is 4.28. The number of halogens is 1. The van der Waals surface area contributed by atoms with Crippen LogP contribution in [0.3, 0.4) is 0 Å². The number of rotatable bonds is 4. The molecule has 0 saturated carbocycles. The van der Waals surface area contributed by atoms with Gasteiger partial charge in [0.05, 0.1) is 22.9 Å². The van der Waals surface area contributed by atoms with Crippen LogP contribution in [0.4, 0.5) is 11.4 Å². The summed E-state index contributed by atoms with van der Waals surface area (Å²) in [4.78, 5) is 14.5. The van der Waals surface area contributed by atoms with Gasteiger partial charge in [-0.05, 0) is 44.5 Å². The number of likely N-dealkylation sites (tertiary alicyclic amines) is 1. The van der Waals surface area contributed by atoms with E-state index in [0.29, 0.717) is 16.4 Å². The van der Waals surface area contributed by atoms with Gasteiger partial charge in [0.2, 0.25) is 5.91 Å². The number of hydrogen-bond acceptors (Lipinski definition) is 4. The molecule has 116 valence electrons. The summed E-state index contributed by atoms with van der Waals surface area (Å²) < 4.78 is 5.39. The molecule has 0 aromatic heterocycles. The summed E-state index contributed by atoms with van der Waals surface area (Å²) in [5.74, 6) is -0.0477. The van der Waals surface area contributed by atoms with E-state index in [4.69, 9.17) is 22.1 Å². The highest BCUT2D eigenvalue weighted by molar-refractivity contribution is 6.33. The van der Waals surface area contributed by atoms with E-state index in [1.165, 1.54) is 0 Å². The van der Waals surface area contributed by atoms with Gasteiger partial charge in [-0.1, -0.05) is 11.6 Å². The number of methoxy groups -OCH3 is 1. The normalized spacial score (nSPS) is 21.0. The Kier molecular flexibility index (Phi) is 5.45. The number of carbonyl (C=O) groups excluding carboxylic acids is 1. The van der Waals surface area contributed by atoms with E-state index >= 15 is 0 Å². The van der Waals surface area contributed by atoms with Crippen LogP contribution in [0, 0.1) is 0 Å². The number of piperidine rings is 1. The molecule has 5 nitrogen and oxygen atoms in total. The highest BCUT2D eigenvalue weighted by Gasteiger charge is 2.27. The predicted octanol–water partition coefficient (Wildman–Crippen LogP) is 2.36. The van der Waals surface area contributed by atoms with Crippen LogP contribution >= 0.6 is 11.6 Å². The number of ether oxygens (including phenoxy) is 1. The molecule has 1 aliphatic heterocycles. The molecule has 21 heavy (non-hydrogen) atoms. The van der Waals surface area contributed by atoms with Crippen molar-refractivity contribution in [3.63, 3.8) is 0 Å². The molecule has 2 atom stereocenters. The molecule has 1 fully saturated rings. The van der Waals surface area contributed by atoms with E-state index in [1.54, 1.807) is 25.3 Å². The first-order chi connectivity index (χ1) is 10.0. The summed E-state index contributed by atoms with van der Waals surface area (Å²) in [6, 6.07) is 4.89. The average Bonchev–Trinajstić information content (AvgIpc) is 2.50. The summed E-state index contributed by atoms with van der Waals surface area (Å²) in [6.45, 7) is 3.61. The molecular formula is C15H22ClN3O2. The molecular weight excluding hydrogens is 290 g/mol. The molecule has 0 spiro atoms. The number of benzene rings is 1. The first-order valence-electron chi connectivity index (χ1n) is 7.14. The number of nitrogens with zero attached hydrogens (tertiary/aromatic N) is 1. The largest absolute Gasteiger partial charge is 0.397 e. The standard InChI is InChI=1S/C15H22ClN3O2/c1-10(19-7-3-4-12(9-19)21-2)15(20)18-11-5-6-13(16)14(17)8-11/h5-6,8,10,12H,3-4,7,9,17H2,1-2H3,(H,18,20). The maximum atomic E-state index is 12.3. The summed E-state index contributed by atoms with van der Waals surface area (Å²) in [5, 5.41) is 3.37. The van der Waals surface area contributed by atoms with E-state index in [9.17, 15) is 4.79 Å². The Balaban J connectivity index is 1.97. The number of carbonyl (C=O) groups is 1. The second kappa shape index (κ2) is 7.11. The van der Waals surface area contributed by atoms with Crippen LogP contribution in [-0.4, -0.2) is 43.2 Å². The number of anilines is 2. The minimum Gasteiger partial charge on any atom is -0.397 e. The van der Waals surface area contributed by atoms with Gasteiger partial charge in [0, 0.05) is 19.3 Å². The van der Waals surface area contributed by atoms with Gasteiger partial charge in [-0.15, -0.1) is 0 Å². The molecule has 0 aliphatic carbocycles. The highest BCUT2D eigenvalue weighted by atomic mass is 35.5. The van der Waals surface area contributed by atoms with Crippen molar-refractivity contribution in [2.75, 3.05) is 31.2 Å². The van der Waals surface area contributed by atoms with Crippen LogP contribution in [-0.2, 0) is 9.53 Å². The fourth-order valence-electron chi connectivity index (χ4n) is 2.54. The van der Waals surface area contributed by atoms with Gasteiger partial charge in [-0.3, -0.25) is 9.69 Å². The fraction of sp³-hybridized carbons (Fsp3) is 0.533. The van der Waals surface area contributed by atoms with Crippen molar-refractivity contribution < 1.29 is 9.53 Å². The third-order valence-electron chi connectivity index (χ3n) is 3.93. The Morgan fingerprint density at radius 1 is 1.57 bits per heavy atom. The first kappa shape index (κ1) is 16.1. The summed E-state index contributed by atoms with van der Waals surface area (Å²) in [6.07, 6.45) is 2.30. The molecule has 2 rings (SSSR count). The first-order valence-corrected chi connectivity index (χ1v) is 7.51. The van der Waals surface area contributed by atoms with Crippen LogP contribution in [0.2, 0.25) is 5.02 Å². The Bertz CT molecular complexity index is 510. The van der Waals surface area contributed by atoms with Crippen molar-refractivity contribution in [2.45, 2.75) is 31.9 Å². The monoisotopic (exact) mass is 311 g/mol. The smallest absolute Gasteiger partial charge is 0.241 e. The molecule has 1 aliphatic rings. The van der Waals surface area contributed by atoms with Crippen LogP contribution in [0.5, 0.6) is 0 Å². The van der Waals surface area contributed by atoms with Gasteiger partial charge in [0.15, 0.2) is 0 Å². The second-order valence-electron chi connectivity index (χ2n) is 5.40. The molecule has 1 aromatic rings. The SMILES string of the molecule is COC1CCCN(C(C)C(=O)Nc2ccc(Cl)c(N)c2)C1. The summed E-state index contributed by atoms with van der Waals surface area (Å²) >= 11 is 5.87. The lowest BCUT2D eigenvalue weighted by Crippen LogP contribution is -2.48. The maximum Gasteiger partial charge on any atom is 0.241 e. The maximum absolute atomic E-state index is 12.3. The number of nitrogens with two attached hydrogens (primary N) is 1. The minimum absolute atomic E-state index is 0.0477. The van der Waals surface area contributed by atoms with Crippen molar-refractivity contribution in [1.29, 1.82) is 0 Å². The summed E-state index contributed by atoms with van der Waals surface area (Å²) in [5.41, 5.74) is 6.86. The molecule has 0 bridgehead atoms. The average molecular weight is 312 g/mol. The van der Waals surface area contributed by atoms with E-state index < -0.39 is 0 Å². The van der Waals surface area contributed by atoms with Crippen molar-refractivity contribution in [2.24, 2.45) is 0 Å². The quantitative estimate of drug-likeness (QED) is 0.838. The molecule has 1 heterocycles. The molecule has 3 N–H and O–H groups in total. The van der Waals surface area contributed by atoms with Gasteiger partial charge in [-0.2, -0.15) is 0 Å². The van der Waals surface area contributed by atoms with E-state index in [2.05, 4.69) is 10.2 Å². The van der Waals surface area contributed by atoms with Gasteiger partial charge < -0.3 is 15.8 Å². The lowest BCUT2D eigenvalue weighted by molar-refractivity contribution is -0.122. The Morgan fingerprint density at radius 3 is 3.00 bits per heavy atom. The van der Waals surface area contributed by atoms with Crippen LogP contribution < -0.4 is 11.1 Å². The van der Waals surface area contributed by atoms with Crippen LogP contribution in [0.15, 0.2) is 18.2 Å². The zero-order valence-corrected chi connectivity index (χ0v) is 13.2. The van der Waals surface area contributed by atoms with Crippen molar-refractivity contribution in [3.8, 4) is 0 Å². The van der Waals surface area contributed by atoms with E-state index in [1.807, 2.05) is 6.92 Å². The molecule has 1 amide bonds. The fourth-order valence-corrected chi connectivity index (χ4v) is 2.66. The minimum atomic E-state index is -0.208. The number of amides is 1. The molecule has 1 saturated heterocycles. The molecule has 0 radical (unpaired) electrons. The van der Waals surface area contributed by atoms with Crippen LogP contribution in [0.1, 0.15) is 19.8 Å². The third kappa shape index (κ3) is 4.09. The topological polar surface area (TPSA) is 67.6 Å². The van der Waals surface area contributed by atoms with E-state index in [-0.39, 0.29) is 18.1 Å². The second-order valence-corrected chi connectivity index (χ2v) is 5.80. The van der Waals surface area contributed by atoms with Crippen LogP contribution in [0.25, 0.3) is 0 Å². The van der Waals surface area contributed by atoms with Gasteiger partial charge in [0.1, 0.15) is 0 Å². The Labute approximate surface area is 130 Å². The van der Waals surface area contributed by atoms with Gasteiger partial charge in [-0.25, -0.2) is 0 Å². The predicted molar refractivity (Wildman–Crippen MR) is 85.6 cm³/mol. The van der Waals surface area contributed by atoms with Crippen molar-refractivity contribution in [3.05, 3.63) is 23.2 Å². The molecule has 6 heteroatoms. The lowest BCUT2D eigenvalue weighted by atomic mass is 10.1. The van der Waals surface area contributed by atoms with Gasteiger partial charge in [0.25, 0.3) is 0 Å². The van der Waals surface area contributed by atoms with E-state index in [0.717, 1.165) is 25.9 Å². The van der Waals surface area contributed by atoms with Crippen molar-refractivity contribution >= 4 is 28.9 Å². The van der Waals surface area contributed by atoms with Crippen molar-refractivity contribution in [1.82, 2.24) is 4.90 Å². The zero-order chi connectivity index (χ0) is 15.4. The molecule has 1 aromatic carbocycles. The summed E-state index contributed by atoms with van der Waals surface area (Å²) in [7, 11) is 1.72. The Hall–Kier alpha value is -1.30. The van der Waals surface area contributed by atoms with Gasteiger partial charge >= 0.3 is 0 Å².